The number of hydrogen-bond acceptors (Lipinski definition) is 7. The first-order valence-corrected chi connectivity index (χ1v) is 13.8. The number of hydrogen-bond donors (Lipinski definition) is 4. The van der Waals surface area contributed by atoms with E-state index in [0.29, 0.717) is 31.3 Å². The molecule has 0 amide bonds. The van der Waals surface area contributed by atoms with Crippen LogP contribution < -0.4 is 16.8 Å². The Labute approximate surface area is 233 Å². The molecule has 0 saturated carbocycles. The van der Waals surface area contributed by atoms with Crippen LogP contribution in [0.3, 0.4) is 0 Å². The fraction of sp³-hybridized carbons (Fsp3) is 0.312. The average Bonchev–Trinajstić information content (AvgIpc) is 2.99. The Balaban J connectivity index is 1.36. The van der Waals surface area contributed by atoms with Crippen molar-refractivity contribution in [3.05, 3.63) is 107 Å². The number of aliphatic carboxylic acids is 1. The summed E-state index contributed by atoms with van der Waals surface area (Å²) in [7, 11) is 0. The zero-order chi connectivity index (χ0) is 28.1. The summed E-state index contributed by atoms with van der Waals surface area (Å²) in [4.78, 5) is 35.4. The Morgan fingerprint density at radius 2 is 1.75 bits per heavy atom. The lowest BCUT2D eigenvalue weighted by Gasteiger charge is -2.32. The van der Waals surface area contributed by atoms with Gasteiger partial charge in [0.15, 0.2) is 11.3 Å². The number of aryl methyl sites for hydroxylation is 1. The van der Waals surface area contributed by atoms with Crippen molar-refractivity contribution in [3.8, 4) is 0 Å². The number of benzene rings is 2. The van der Waals surface area contributed by atoms with Crippen molar-refractivity contribution in [1.29, 1.82) is 0 Å². The van der Waals surface area contributed by atoms with Gasteiger partial charge in [0.05, 0.1) is 5.69 Å². The first-order valence-electron chi connectivity index (χ1n) is 13.8. The lowest BCUT2D eigenvalue weighted by atomic mass is 9.77. The fourth-order valence-electron chi connectivity index (χ4n) is 5.78. The molecule has 4 aromatic rings. The van der Waals surface area contributed by atoms with Crippen LogP contribution in [0.15, 0.2) is 79.1 Å². The van der Waals surface area contributed by atoms with Gasteiger partial charge in [-0.25, -0.2) is 4.79 Å². The number of carboxylic acids is 1. The third kappa shape index (κ3) is 5.51. The molecular formula is C32H35N5O3. The molecule has 0 radical (unpaired) electrons. The number of carboxylic acid groups (broad SMARTS) is 1. The topological polar surface area (TPSA) is 144 Å². The summed E-state index contributed by atoms with van der Waals surface area (Å²) in [5.74, 6) is -1.93. The van der Waals surface area contributed by atoms with Crippen LogP contribution >= 0.6 is 0 Å². The van der Waals surface area contributed by atoms with Crippen LogP contribution in [0.4, 0.5) is 0 Å². The van der Waals surface area contributed by atoms with Crippen LogP contribution in [-0.2, 0) is 24.3 Å². The molecule has 8 heteroatoms. The predicted octanol–water partition coefficient (Wildman–Crippen LogP) is 4.11. The summed E-state index contributed by atoms with van der Waals surface area (Å²) in [5, 5.41) is 15.1. The minimum absolute atomic E-state index is 0.169. The van der Waals surface area contributed by atoms with E-state index in [1.165, 1.54) is 5.56 Å². The molecule has 1 aliphatic rings. The standard InChI is InChI=1S/C32H35N5O3/c33-28(16-14-22-8-5-7-21-9-6-18-37-29(21)22)32(34,31(39)40)30(38)27-15-13-23(25-11-1-2-12-26(25)27)19-35-20-24-10-3-4-17-36-24/h1-4,6,9-13,15,17-18,22,28,35H,5,7-8,14,16,19-20,33-34H2,(H,39,40)/t22?,28?,32-/m0/s1. The Hall–Kier alpha value is -3.98. The molecule has 6 N–H and O–H groups in total. The monoisotopic (exact) mass is 537 g/mol. The molecule has 8 nitrogen and oxygen atoms in total. The third-order valence-electron chi connectivity index (χ3n) is 8.06. The maximum atomic E-state index is 13.9. The second-order valence-corrected chi connectivity index (χ2v) is 10.6. The molecule has 0 fully saturated rings. The van der Waals surface area contributed by atoms with Crippen LogP contribution in [0, 0.1) is 0 Å². The molecule has 5 rings (SSSR count). The van der Waals surface area contributed by atoms with Crippen molar-refractivity contribution >= 4 is 22.5 Å². The number of carbonyl (C=O) groups excluding carboxylic acids is 1. The van der Waals surface area contributed by atoms with Gasteiger partial charge in [-0.15, -0.1) is 0 Å². The van der Waals surface area contributed by atoms with Crippen LogP contribution in [0.5, 0.6) is 0 Å². The highest BCUT2D eigenvalue weighted by Gasteiger charge is 2.48. The van der Waals surface area contributed by atoms with E-state index in [-0.39, 0.29) is 11.5 Å². The van der Waals surface area contributed by atoms with Crippen molar-refractivity contribution in [2.24, 2.45) is 11.5 Å². The van der Waals surface area contributed by atoms with Gasteiger partial charge in [0, 0.05) is 48.7 Å². The van der Waals surface area contributed by atoms with Gasteiger partial charge < -0.3 is 21.9 Å². The first kappa shape index (κ1) is 27.6. The number of Topliss-reactive ketones (excluding diaryl/α,β-unsaturated/α-hetero) is 1. The van der Waals surface area contributed by atoms with E-state index in [9.17, 15) is 14.7 Å². The van der Waals surface area contributed by atoms with Crippen molar-refractivity contribution in [3.63, 3.8) is 0 Å². The summed E-state index contributed by atoms with van der Waals surface area (Å²) < 4.78 is 0. The maximum Gasteiger partial charge on any atom is 0.333 e. The minimum Gasteiger partial charge on any atom is -0.479 e. The van der Waals surface area contributed by atoms with Crippen LogP contribution in [0.25, 0.3) is 10.8 Å². The second kappa shape index (κ2) is 12.0. The van der Waals surface area contributed by atoms with Crippen LogP contribution in [0.1, 0.15) is 64.5 Å². The number of pyridine rings is 2. The molecule has 1 aliphatic carbocycles. The van der Waals surface area contributed by atoms with E-state index in [0.717, 1.165) is 41.6 Å². The first-order chi connectivity index (χ1) is 19.4. The molecule has 3 atom stereocenters. The molecule has 0 saturated heterocycles. The molecule has 2 heterocycles. The molecule has 40 heavy (non-hydrogen) atoms. The molecule has 2 unspecified atom stereocenters. The van der Waals surface area contributed by atoms with E-state index in [2.05, 4.69) is 21.4 Å². The molecule has 2 aromatic heterocycles. The van der Waals surface area contributed by atoms with Crippen molar-refractivity contribution in [2.45, 2.75) is 62.7 Å². The van der Waals surface area contributed by atoms with Gasteiger partial charge in [-0.05, 0) is 72.2 Å². The van der Waals surface area contributed by atoms with E-state index >= 15 is 0 Å². The predicted molar refractivity (Wildman–Crippen MR) is 155 cm³/mol. The number of nitrogens with zero attached hydrogens (tertiary/aromatic N) is 2. The molecule has 0 aliphatic heterocycles. The van der Waals surface area contributed by atoms with Gasteiger partial charge in [0.1, 0.15) is 0 Å². The number of rotatable bonds is 11. The maximum absolute atomic E-state index is 13.9. The summed E-state index contributed by atoms with van der Waals surface area (Å²) in [5.41, 5.74) is 15.1. The average molecular weight is 538 g/mol. The smallest absolute Gasteiger partial charge is 0.333 e. The zero-order valence-corrected chi connectivity index (χ0v) is 22.4. The highest BCUT2D eigenvalue weighted by molar-refractivity contribution is 6.21. The van der Waals surface area contributed by atoms with Gasteiger partial charge in [0.25, 0.3) is 0 Å². The van der Waals surface area contributed by atoms with Crippen molar-refractivity contribution in [1.82, 2.24) is 15.3 Å². The zero-order valence-electron chi connectivity index (χ0n) is 22.4. The van der Waals surface area contributed by atoms with E-state index in [1.807, 2.05) is 54.6 Å². The van der Waals surface area contributed by atoms with Crippen molar-refractivity contribution < 1.29 is 14.7 Å². The SMILES string of the molecule is NC(CCC1CCCc2cccnc21)[C@@](N)(C(=O)O)C(=O)c1ccc(CNCc2ccccn2)c2ccccc12. The van der Waals surface area contributed by atoms with Gasteiger partial charge in [-0.1, -0.05) is 48.5 Å². The molecule has 0 bridgehead atoms. The van der Waals surface area contributed by atoms with E-state index in [4.69, 9.17) is 11.5 Å². The Morgan fingerprint density at radius 3 is 2.52 bits per heavy atom. The third-order valence-corrected chi connectivity index (χ3v) is 8.06. The summed E-state index contributed by atoms with van der Waals surface area (Å²) in [6.07, 6.45) is 7.43. The summed E-state index contributed by atoms with van der Waals surface area (Å²) in [6, 6.07) is 19.7. The molecule has 2 aromatic carbocycles. The highest BCUT2D eigenvalue weighted by atomic mass is 16.4. The number of fused-ring (bicyclic) bond motifs is 2. The summed E-state index contributed by atoms with van der Waals surface area (Å²) in [6.45, 7) is 1.14. The van der Waals surface area contributed by atoms with E-state index in [1.54, 1.807) is 18.5 Å². The Morgan fingerprint density at radius 1 is 0.975 bits per heavy atom. The number of ketones is 1. The van der Waals surface area contributed by atoms with Gasteiger partial charge in [-0.3, -0.25) is 14.8 Å². The minimum atomic E-state index is -2.26. The fourth-order valence-corrected chi connectivity index (χ4v) is 5.78. The lowest BCUT2D eigenvalue weighted by molar-refractivity contribution is -0.142. The lowest BCUT2D eigenvalue weighted by Crippen LogP contribution is -2.66. The molecule has 206 valence electrons. The number of carbonyl (C=O) groups is 2. The normalized spacial score (nSPS) is 17.1. The van der Waals surface area contributed by atoms with Gasteiger partial charge >= 0.3 is 5.97 Å². The number of nitrogens with one attached hydrogen (secondary N) is 1. The van der Waals surface area contributed by atoms with Crippen molar-refractivity contribution in [2.75, 3.05) is 0 Å². The summed E-state index contributed by atoms with van der Waals surface area (Å²) >= 11 is 0. The van der Waals surface area contributed by atoms with E-state index < -0.39 is 23.3 Å². The van der Waals surface area contributed by atoms with Crippen LogP contribution in [-0.4, -0.2) is 38.4 Å². The second-order valence-electron chi connectivity index (χ2n) is 10.6. The molecule has 0 spiro atoms. The molecular weight excluding hydrogens is 502 g/mol. The number of aromatic nitrogens is 2. The Bertz CT molecular complexity index is 1510. The quantitative estimate of drug-likeness (QED) is 0.165. The number of nitrogens with two attached hydrogens (primary N) is 2. The largest absolute Gasteiger partial charge is 0.479 e. The Kier molecular flexibility index (Phi) is 8.30. The van der Waals surface area contributed by atoms with Gasteiger partial charge in [0.2, 0.25) is 0 Å². The highest BCUT2D eigenvalue weighted by Crippen LogP contribution is 2.35. The van der Waals surface area contributed by atoms with Gasteiger partial charge in [-0.2, -0.15) is 0 Å². The van der Waals surface area contributed by atoms with Crippen LogP contribution in [0.2, 0.25) is 0 Å².